The summed E-state index contributed by atoms with van der Waals surface area (Å²) in [5.74, 6) is 0. The third kappa shape index (κ3) is 2.19. The topological polar surface area (TPSA) is 28.2 Å². The van der Waals surface area contributed by atoms with Gasteiger partial charge in [-0.05, 0) is 63.2 Å². The zero-order valence-electron chi connectivity index (χ0n) is 11.5. The average molecular weight is 257 g/mol. The molecule has 0 radical (unpaired) electrons. The molecular formula is C16H23N3. The Kier molecular flexibility index (Phi) is 3.04. The number of rotatable bonds is 2. The lowest BCUT2D eigenvalue weighted by atomic mass is 9.96. The Morgan fingerprint density at radius 3 is 3.21 bits per heavy atom. The van der Waals surface area contributed by atoms with Gasteiger partial charge in [0.25, 0.3) is 0 Å². The van der Waals surface area contributed by atoms with E-state index in [9.17, 15) is 0 Å². The van der Waals surface area contributed by atoms with Gasteiger partial charge in [0, 0.05) is 18.3 Å². The van der Waals surface area contributed by atoms with Crippen molar-refractivity contribution in [2.24, 2.45) is 0 Å². The largest absolute Gasteiger partial charge is 0.306 e. The molecule has 0 amide bonds. The Hall–Kier alpha value is -0.930. The van der Waals surface area contributed by atoms with Crippen molar-refractivity contribution in [2.45, 2.75) is 56.7 Å². The Bertz CT molecular complexity index is 459. The fourth-order valence-electron chi connectivity index (χ4n) is 4.24. The van der Waals surface area contributed by atoms with E-state index < -0.39 is 0 Å². The first-order valence-corrected chi connectivity index (χ1v) is 7.84. The summed E-state index contributed by atoms with van der Waals surface area (Å²) in [4.78, 5) is 7.29. The van der Waals surface area contributed by atoms with Crippen LogP contribution in [0, 0.1) is 0 Å². The van der Waals surface area contributed by atoms with E-state index in [2.05, 4.69) is 27.3 Å². The average Bonchev–Trinajstić information content (AvgIpc) is 3.06. The molecule has 1 aromatic heterocycles. The van der Waals surface area contributed by atoms with Crippen molar-refractivity contribution >= 4 is 0 Å². The SMILES string of the molecule is c1cnc2c(c1)CCC2NC1CCN2CCCC2C1. The van der Waals surface area contributed by atoms with Crippen molar-refractivity contribution in [1.82, 2.24) is 15.2 Å². The Balaban J connectivity index is 1.43. The zero-order valence-corrected chi connectivity index (χ0v) is 11.5. The van der Waals surface area contributed by atoms with E-state index in [0.29, 0.717) is 12.1 Å². The number of hydrogen-bond donors (Lipinski definition) is 1. The summed E-state index contributed by atoms with van der Waals surface area (Å²) in [6, 6.07) is 6.38. The summed E-state index contributed by atoms with van der Waals surface area (Å²) in [6.07, 6.45) is 9.86. The van der Waals surface area contributed by atoms with Gasteiger partial charge in [-0.2, -0.15) is 0 Å². The lowest BCUT2D eigenvalue weighted by Gasteiger charge is -2.36. The monoisotopic (exact) mass is 257 g/mol. The van der Waals surface area contributed by atoms with Gasteiger partial charge >= 0.3 is 0 Å². The van der Waals surface area contributed by atoms with Gasteiger partial charge in [-0.1, -0.05) is 6.07 Å². The molecule has 0 saturated carbocycles. The van der Waals surface area contributed by atoms with E-state index in [-0.39, 0.29) is 0 Å². The molecule has 102 valence electrons. The minimum atomic E-state index is 0.508. The van der Waals surface area contributed by atoms with E-state index in [1.807, 2.05) is 6.20 Å². The Morgan fingerprint density at radius 1 is 1.21 bits per heavy atom. The number of piperidine rings is 1. The number of fused-ring (bicyclic) bond motifs is 2. The quantitative estimate of drug-likeness (QED) is 0.881. The van der Waals surface area contributed by atoms with Crippen molar-refractivity contribution in [3.05, 3.63) is 29.6 Å². The standard InChI is InChI=1S/C16H23N3/c1-3-12-5-6-15(16(12)17-8-1)18-13-7-10-19-9-2-4-14(19)11-13/h1,3,8,13-15,18H,2,4-7,9-11H2. The third-order valence-electron chi connectivity index (χ3n) is 5.22. The van der Waals surface area contributed by atoms with Crippen molar-refractivity contribution in [2.75, 3.05) is 13.1 Å². The predicted molar refractivity (Wildman–Crippen MR) is 76.1 cm³/mol. The fraction of sp³-hybridized carbons (Fsp3) is 0.688. The minimum absolute atomic E-state index is 0.508. The number of aromatic nitrogens is 1. The molecule has 3 heterocycles. The molecule has 19 heavy (non-hydrogen) atoms. The first-order valence-electron chi connectivity index (χ1n) is 7.84. The van der Waals surface area contributed by atoms with Crippen LogP contribution in [0.5, 0.6) is 0 Å². The highest BCUT2D eigenvalue weighted by Crippen LogP contribution is 2.32. The van der Waals surface area contributed by atoms with Crippen LogP contribution in [0.1, 0.15) is 49.4 Å². The maximum absolute atomic E-state index is 4.60. The first kappa shape index (κ1) is 11.9. The molecule has 1 N–H and O–H groups in total. The van der Waals surface area contributed by atoms with Crippen LogP contribution in [0.3, 0.4) is 0 Å². The summed E-state index contributed by atoms with van der Waals surface area (Å²) in [6.45, 7) is 2.63. The maximum atomic E-state index is 4.60. The Labute approximate surface area is 115 Å². The lowest BCUT2D eigenvalue weighted by Crippen LogP contribution is -2.46. The summed E-state index contributed by atoms with van der Waals surface area (Å²) < 4.78 is 0. The third-order valence-corrected chi connectivity index (χ3v) is 5.22. The van der Waals surface area contributed by atoms with Crippen molar-refractivity contribution < 1.29 is 0 Å². The fourth-order valence-corrected chi connectivity index (χ4v) is 4.24. The lowest BCUT2D eigenvalue weighted by molar-refractivity contribution is 0.160. The molecule has 1 aromatic rings. The number of nitrogens with one attached hydrogen (secondary N) is 1. The van der Waals surface area contributed by atoms with Crippen molar-refractivity contribution in [3.63, 3.8) is 0 Å². The van der Waals surface area contributed by atoms with Gasteiger partial charge in [-0.3, -0.25) is 4.98 Å². The van der Waals surface area contributed by atoms with Gasteiger partial charge in [-0.25, -0.2) is 0 Å². The van der Waals surface area contributed by atoms with Crippen molar-refractivity contribution in [3.8, 4) is 0 Å². The highest BCUT2D eigenvalue weighted by molar-refractivity contribution is 5.28. The molecule has 2 aliphatic heterocycles. The van der Waals surface area contributed by atoms with Crippen LogP contribution < -0.4 is 5.32 Å². The summed E-state index contributed by atoms with van der Waals surface area (Å²) >= 11 is 0. The van der Waals surface area contributed by atoms with E-state index in [4.69, 9.17) is 0 Å². The summed E-state index contributed by atoms with van der Waals surface area (Å²) in [5.41, 5.74) is 2.77. The maximum Gasteiger partial charge on any atom is 0.0605 e. The zero-order chi connectivity index (χ0) is 12.7. The molecule has 0 spiro atoms. The highest BCUT2D eigenvalue weighted by Gasteiger charge is 2.33. The van der Waals surface area contributed by atoms with Crippen LogP contribution >= 0.6 is 0 Å². The van der Waals surface area contributed by atoms with E-state index >= 15 is 0 Å². The predicted octanol–water partition coefficient (Wildman–Crippen LogP) is 2.29. The van der Waals surface area contributed by atoms with E-state index in [1.165, 1.54) is 62.9 Å². The summed E-state index contributed by atoms with van der Waals surface area (Å²) in [5, 5.41) is 3.90. The number of nitrogens with zero attached hydrogens (tertiary/aromatic N) is 2. The smallest absolute Gasteiger partial charge is 0.0605 e. The van der Waals surface area contributed by atoms with Gasteiger partial charge in [0.1, 0.15) is 0 Å². The molecule has 0 aromatic carbocycles. The van der Waals surface area contributed by atoms with Crippen molar-refractivity contribution in [1.29, 1.82) is 0 Å². The molecule has 3 unspecified atom stereocenters. The molecule has 2 saturated heterocycles. The number of aryl methyl sites for hydroxylation is 1. The van der Waals surface area contributed by atoms with Gasteiger partial charge < -0.3 is 10.2 Å². The van der Waals surface area contributed by atoms with Gasteiger partial charge in [0.2, 0.25) is 0 Å². The van der Waals surface area contributed by atoms with Gasteiger partial charge in [0.05, 0.1) is 11.7 Å². The molecule has 3 atom stereocenters. The normalized spacial score (nSPS) is 34.2. The highest BCUT2D eigenvalue weighted by atomic mass is 15.2. The van der Waals surface area contributed by atoms with E-state index in [0.717, 1.165) is 6.04 Å². The Morgan fingerprint density at radius 2 is 2.21 bits per heavy atom. The molecule has 1 aliphatic carbocycles. The van der Waals surface area contributed by atoms with Crippen LogP contribution in [0.2, 0.25) is 0 Å². The number of pyridine rings is 1. The molecule has 0 bridgehead atoms. The number of hydrogen-bond acceptors (Lipinski definition) is 3. The van der Waals surface area contributed by atoms with Crippen LogP contribution in [0.15, 0.2) is 18.3 Å². The molecule has 4 rings (SSSR count). The van der Waals surface area contributed by atoms with Gasteiger partial charge in [-0.15, -0.1) is 0 Å². The van der Waals surface area contributed by atoms with Crippen LogP contribution in [-0.4, -0.2) is 35.1 Å². The molecule has 2 fully saturated rings. The second-order valence-electron chi connectivity index (χ2n) is 6.36. The van der Waals surface area contributed by atoms with Crippen LogP contribution in [-0.2, 0) is 6.42 Å². The molecule has 3 nitrogen and oxygen atoms in total. The van der Waals surface area contributed by atoms with Gasteiger partial charge in [0.15, 0.2) is 0 Å². The summed E-state index contributed by atoms with van der Waals surface area (Å²) in [7, 11) is 0. The molecule has 3 aliphatic rings. The second kappa shape index (κ2) is 4.88. The minimum Gasteiger partial charge on any atom is -0.306 e. The first-order chi connectivity index (χ1) is 9.40. The molecular weight excluding hydrogens is 234 g/mol. The molecule has 3 heteroatoms. The van der Waals surface area contributed by atoms with Crippen LogP contribution in [0.4, 0.5) is 0 Å². The van der Waals surface area contributed by atoms with Crippen LogP contribution in [0.25, 0.3) is 0 Å². The second-order valence-corrected chi connectivity index (χ2v) is 6.36. The van der Waals surface area contributed by atoms with E-state index in [1.54, 1.807) is 0 Å².